The van der Waals surface area contributed by atoms with E-state index >= 15 is 0 Å². The van der Waals surface area contributed by atoms with Gasteiger partial charge in [-0.25, -0.2) is 0 Å². The third-order valence-electron chi connectivity index (χ3n) is 2.52. The quantitative estimate of drug-likeness (QED) is 0.807. The van der Waals surface area contributed by atoms with Crippen molar-refractivity contribution in [2.24, 2.45) is 5.73 Å². The molecule has 0 aromatic heterocycles. The first-order valence-corrected chi connectivity index (χ1v) is 5.45. The average molecular weight is 245 g/mol. The summed E-state index contributed by atoms with van der Waals surface area (Å²) in [5.74, 6) is -0.876. The van der Waals surface area contributed by atoms with Gasteiger partial charge in [0, 0.05) is 0 Å². The first kappa shape index (κ1) is 13.7. The fourth-order valence-corrected chi connectivity index (χ4v) is 1.34. The number of benzene rings is 1. The number of rotatable bonds is 4. The maximum absolute atomic E-state index is 11.7. The van der Waals surface area contributed by atoms with Gasteiger partial charge in [0.15, 0.2) is 0 Å². The van der Waals surface area contributed by atoms with Crippen LogP contribution in [0.4, 0.5) is 0 Å². The summed E-state index contributed by atoms with van der Waals surface area (Å²) in [4.78, 5) is 22.8. The third kappa shape index (κ3) is 3.59. The monoisotopic (exact) mass is 245 g/mol. The SMILES string of the molecule is CC(C)(NC(=O)Cc1ccc(C#N)cc1)C(N)=O. The molecule has 94 valence electrons. The molecule has 1 aromatic carbocycles. The summed E-state index contributed by atoms with van der Waals surface area (Å²) in [5, 5.41) is 11.2. The summed E-state index contributed by atoms with van der Waals surface area (Å²) in [5.41, 5.74) is 5.40. The van der Waals surface area contributed by atoms with Crippen molar-refractivity contribution in [2.45, 2.75) is 25.8 Å². The van der Waals surface area contributed by atoms with Crippen LogP contribution in [0.2, 0.25) is 0 Å². The number of nitrogens with zero attached hydrogens (tertiary/aromatic N) is 1. The second-order valence-corrected chi connectivity index (χ2v) is 4.52. The third-order valence-corrected chi connectivity index (χ3v) is 2.52. The van der Waals surface area contributed by atoms with Gasteiger partial charge in [-0.3, -0.25) is 9.59 Å². The predicted molar refractivity (Wildman–Crippen MR) is 66.3 cm³/mol. The maximum atomic E-state index is 11.7. The van der Waals surface area contributed by atoms with Gasteiger partial charge in [0.1, 0.15) is 5.54 Å². The van der Waals surface area contributed by atoms with E-state index in [-0.39, 0.29) is 12.3 Å². The molecule has 1 aromatic rings. The zero-order valence-electron chi connectivity index (χ0n) is 10.4. The topological polar surface area (TPSA) is 96.0 Å². The summed E-state index contributed by atoms with van der Waals surface area (Å²) in [6.07, 6.45) is 0.141. The molecule has 0 spiro atoms. The summed E-state index contributed by atoms with van der Waals surface area (Å²) in [6, 6.07) is 8.69. The molecule has 0 atom stereocenters. The number of primary amides is 1. The standard InChI is InChI=1S/C13H15N3O2/c1-13(2,12(15)18)16-11(17)7-9-3-5-10(8-14)6-4-9/h3-6H,7H2,1-2H3,(H2,15,18)(H,16,17). The average Bonchev–Trinajstić information content (AvgIpc) is 2.29. The Bertz CT molecular complexity index is 498. The van der Waals surface area contributed by atoms with E-state index in [1.165, 1.54) is 0 Å². The number of nitriles is 1. The van der Waals surface area contributed by atoms with Crippen LogP contribution in [0.15, 0.2) is 24.3 Å². The van der Waals surface area contributed by atoms with Crippen LogP contribution in [0.3, 0.4) is 0 Å². The lowest BCUT2D eigenvalue weighted by molar-refractivity contribution is -0.130. The summed E-state index contributed by atoms with van der Waals surface area (Å²) < 4.78 is 0. The lowest BCUT2D eigenvalue weighted by Crippen LogP contribution is -2.53. The molecule has 5 nitrogen and oxygen atoms in total. The van der Waals surface area contributed by atoms with E-state index in [4.69, 9.17) is 11.0 Å². The van der Waals surface area contributed by atoms with E-state index in [1.54, 1.807) is 38.1 Å². The molecule has 0 aliphatic heterocycles. The van der Waals surface area contributed by atoms with E-state index in [9.17, 15) is 9.59 Å². The van der Waals surface area contributed by atoms with Crippen LogP contribution >= 0.6 is 0 Å². The van der Waals surface area contributed by atoms with Crippen molar-refractivity contribution in [3.05, 3.63) is 35.4 Å². The van der Waals surface area contributed by atoms with Crippen molar-refractivity contribution in [3.63, 3.8) is 0 Å². The Kier molecular flexibility index (Phi) is 4.05. The minimum atomic E-state index is -1.07. The van der Waals surface area contributed by atoms with Gasteiger partial charge < -0.3 is 11.1 Å². The molecule has 0 saturated heterocycles. The number of carbonyl (C=O) groups excluding carboxylic acids is 2. The largest absolute Gasteiger partial charge is 0.368 e. The molecule has 18 heavy (non-hydrogen) atoms. The van der Waals surface area contributed by atoms with Crippen LogP contribution in [-0.2, 0) is 16.0 Å². The normalized spacial score (nSPS) is 10.5. The Hall–Kier alpha value is -2.35. The Morgan fingerprint density at radius 1 is 1.33 bits per heavy atom. The fraction of sp³-hybridized carbons (Fsp3) is 0.308. The molecule has 3 N–H and O–H groups in total. The first-order valence-electron chi connectivity index (χ1n) is 5.45. The zero-order valence-corrected chi connectivity index (χ0v) is 10.4. The lowest BCUT2D eigenvalue weighted by Gasteiger charge is -2.22. The Labute approximate surface area is 106 Å². The van der Waals surface area contributed by atoms with Gasteiger partial charge in [0.05, 0.1) is 18.1 Å². The Morgan fingerprint density at radius 2 is 1.89 bits per heavy atom. The molecule has 0 radical (unpaired) electrons. The van der Waals surface area contributed by atoms with Crippen molar-refractivity contribution >= 4 is 11.8 Å². The number of nitrogens with one attached hydrogen (secondary N) is 1. The fourth-order valence-electron chi connectivity index (χ4n) is 1.34. The second kappa shape index (κ2) is 5.32. The zero-order chi connectivity index (χ0) is 13.8. The van der Waals surface area contributed by atoms with E-state index < -0.39 is 11.4 Å². The van der Waals surface area contributed by atoms with Crippen LogP contribution in [0, 0.1) is 11.3 Å². The van der Waals surface area contributed by atoms with E-state index in [0.717, 1.165) is 5.56 Å². The number of nitrogens with two attached hydrogens (primary N) is 1. The summed E-state index contributed by atoms with van der Waals surface area (Å²) >= 11 is 0. The number of amides is 2. The number of hydrogen-bond donors (Lipinski definition) is 2. The highest BCUT2D eigenvalue weighted by Gasteiger charge is 2.26. The first-order chi connectivity index (χ1) is 8.35. The predicted octanol–water partition coefficient (Wildman–Crippen LogP) is 0.481. The molecular formula is C13H15N3O2. The van der Waals surface area contributed by atoms with Crippen molar-refractivity contribution in [3.8, 4) is 6.07 Å². The molecule has 0 bridgehead atoms. The molecule has 0 fully saturated rings. The van der Waals surface area contributed by atoms with Gasteiger partial charge in [-0.15, -0.1) is 0 Å². The van der Waals surface area contributed by atoms with Gasteiger partial charge in [-0.1, -0.05) is 12.1 Å². The second-order valence-electron chi connectivity index (χ2n) is 4.52. The van der Waals surface area contributed by atoms with Gasteiger partial charge in [-0.05, 0) is 31.5 Å². The van der Waals surface area contributed by atoms with Crippen LogP contribution in [-0.4, -0.2) is 17.4 Å². The highest BCUT2D eigenvalue weighted by atomic mass is 16.2. The van der Waals surface area contributed by atoms with E-state index in [2.05, 4.69) is 5.32 Å². The molecular weight excluding hydrogens is 230 g/mol. The van der Waals surface area contributed by atoms with Gasteiger partial charge in [0.25, 0.3) is 0 Å². The minimum Gasteiger partial charge on any atom is -0.368 e. The maximum Gasteiger partial charge on any atom is 0.242 e. The highest BCUT2D eigenvalue weighted by Crippen LogP contribution is 2.06. The van der Waals surface area contributed by atoms with Gasteiger partial charge in [0.2, 0.25) is 11.8 Å². The smallest absolute Gasteiger partial charge is 0.242 e. The molecule has 0 aliphatic carbocycles. The van der Waals surface area contributed by atoms with Crippen LogP contribution in [0.25, 0.3) is 0 Å². The van der Waals surface area contributed by atoms with Crippen molar-refractivity contribution in [1.82, 2.24) is 5.32 Å². The van der Waals surface area contributed by atoms with Crippen LogP contribution in [0.5, 0.6) is 0 Å². The van der Waals surface area contributed by atoms with E-state index in [1.807, 2.05) is 6.07 Å². The number of hydrogen-bond acceptors (Lipinski definition) is 3. The Morgan fingerprint density at radius 3 is 2.33 bits per heavy atom. The van der Waals surface area contributed by atoms with Crippen LogP contribution < -0.4 is 11.1 Å². The van der Waals surface area contributed by atoms with Crippen molar-refractivity contribution in [2.75, 3.05) is 0 Å². The molecule has 5 heteroatoms. The van der Waals surface area contributed by atoms with Crippen molar-refractivity contribution in [1.29, 1.82) is 5.26 Å². The molecule has 1 rings (SSSR count). The minimum absolute atomic E-state index is 0.141. The number of carbonyl (C=O) groups is 2. The molecule has 0 unspecified atom stereocenters. The van der Waals surface area contributed by atoms with Gasteiger partial charge >= 0.3 is 0 Å². The van der Waals surface area contributed by atoms with Gasteiger partial charge in [-0.2, -0.15) is 5.26 Å². The molecule has 0 saturated carbocycles. The molecule has 2 amide bonds. The summed E-state index contributed by atoms with van der Waals surface area (Å²) in [6.45, 7) is 3.10. The lowest BCUT2D eigenvalue weighted by atomic mass is 10.0. The summed E-state index contributed by atoms with van der Waals surface area (Å²) in [7, 11) is 0. The molecule has 0 heterocycles. The Balaban J connectivity index is 2.65. The van der Waals surface area contributed by atoms with E-state index in [0.29, 0.717) is 5.56 Å². The van der Waals surface area contributed by atoms with Crippen molar-refractivity contribution < 1.29 is 9.59 Å². The highest BCUT2D eigenvalue weighted by molar-refractivity contribution is 5.90. The van der Waals surface area contributed by atoms with Crippen LogP contribution in [0.1, 0.15) is 25.0 Å². The molecule has 0 aliphatic rings.